The summed E-state index contributed by atoms with van der Waals surface area (Å²) in [6, 6.07) is 4.51. The zero-order valence-corrected chi connectivity index (χ0v) is 12.0. The molecule has 0 radical (unpaired) electrons. The third-order valence-electron chi connectivity index (χ3n) is 3.13. The summed E-state index contributed by atoms with van der Waals surface area (Å²) in [4.78, 5) is 11.2. The summed E-state index contributed by atoms with van der Waals surface area (Å²) in [5.41, 5.74) is 0.296. The molecule has 0 amide bonds. The van der Waals surface area contributed by atoms with Crippen LogP contribution in [0.5, 0.6) is 5.75 Å². The van der Waals surface area contributed by atoms with E-state index >= 15 is 0 Å². The van der Waals surface area contributed by atoms with Crippen molar-refractivity contribution in [1.82, 2.24) is 0 Å². The molecule has 1 aromatic carbocycles. The van der Waals surface area contributed by atoms with Crippen LogP contribution in [0.1, 0.15) is 30.1 Å². The summed E-state index contributed by atoms with van der Waals surface area (Å²) in [6.45, 7) is 2.29. The topological polar surface area (TPSA) is 83.9 Å². The summed E-state index contributed by atoms with van der Waals surface area (Å²) in [5, 5.41) is 9.12. The fourth-order valence-corrected chi connectivity index (χ4v) is 3.79. The molecule has 0 aromatic heterocycles. The fraction of sp³-hybridized carbons (Fsp3) is 0.462. The highest BCUT2D eigenvalue weighted by Crippen LogP contribution is 2.36. The van der Waals surface area contributed by atoms with E-state index in [1.807, 2.05) is 6.92 Å². The molecule has 0 atom stereocenters. The van der Waals surface area contributed by atoms with Gasteiger partial charge in [0.15, 0.2) is 5.75 Å². The highest BCUT2D eigenvalue weighted by Gasteiger charge is 2.30. The Morgan fingerprint density at radius 2 is 2.20 bits per heavy atom. The van der Waals surface area contributed by atoms with Gasteiger partial charge in [0.2, 0.25) is 10.0 Å². The molecule has 0 fully saturated rings. The molecule has 0 saturated heterocycles. The summed E-state index contributed by atoms with van der Waals surface area (Å²) in [5.74, 6) is -0.943. The number of ether oxygens (including phenoxy) is 1. The van der Waals surface area contributed by atoms with Gasteiger partial charge in [0.05, 0.1) is 18.0 Å². The van der Waals surface area contributed by atoms with E-state index in [1.54, 1.807) is 6.07 Å². The lowest BCUT2D eigenvalue weighted by molar-refractivity contribution is 0.0692. The molecular formula is C13H17NO5S. The molecule has 1 aliphatic rings. The highest BCUT2D eigenvalue weighted by molar-refractivity contribution is 7.92. The van der Waals surface area contributed by atoms with Gasteiger partial charge in [-0.25, -0.2) is 13.2 Å². The number of carboxylic acids is 1. The number of hydrogen-bond donors (Lipinski definition) is 1. The number of nitrogens with zero attached hydrogens (tertiary/aromatic N) is 1. The van der Waals surface area contributed by atoms with E-state index in [4.69, 9.17) is 9.84 Å². The number of rotatable bonds is 5. The van der Waals surface area contributed by atoms with Crippen molar-refractivity contribution in [2.45, 2.75) is 19.8 Å². The maximum atomic E-state index is 12.3. The minimum absolute atomic E-state index is 0.0158. The number of fused-ring (bicyclic) bond motifs is 1. The van der Waals surface area contributed by atoms with Crippen molar-refractivity contribution in [3.63, 3.8) is 0 Å². The van der Waals surface area contributed by atoms with Crippen LogP contribution in [0.4, 0.5) is 5.69 Å². The lowest BCUT2D eigenvalue weighted by Gasteiger charge is -2.31. The number of unbranched alkanes of at least 4 members (excludes halogenated alkanes) is 1. The van der Waals surface area contributed by atoms with E-state index in [1.165, 1.54) is 16.4 Å². The second-order valence-electron chi connectivity index (χ2n) is 4.55. The van der Waals surface area contributed by atoms with Crippen LogP contribution >= 0.6 is 0 Å². The van der Waals surface area contributed by atoms with Crippen LogP contribution in [-0.2, 0) is 10.0 Å². The Morgan fingerprint density at radius 3 is 2.85 bits per heavy atom. The summed E-state index contributed by atoms with van der Waals surface area (Å²) in [7, 11) is -3.44. The van der Waals surface area contributed by atoms with Crippen molar-refractivity contribution < 1.29 is 23.1 Å². The first-order valence-corrected chi connectivity index (χ1v) is 8.08. The monoisotopic (exact) mass is 299 g/mol. The van der Waals surface area contributed by atoms with Gasteiger partial charge in [0.1, 0.15) is 12.2 Å². The standard InChI is InChI=1S/C13H17NO5S/c1-2-3-9-20(17,18)14-7-8-19-12-10(13(15)16)5-4-6-11(12)14/h4-6H,2-3,7-9H2,1H3,(H,15,16). The number of para-hydroxylation sites is 1. The number of aromatic carboxylic acids is 1. The Balaban J connectivity index is 2.43. The average Bonchev–Trinajstić information content (AvgIpc) is 2.43. The maximum Gasteiger partial charge on any atom is 0.339 e. The van der Waals surface area contributed by atoms with Crippen LogP contribution in [0.15, 0.2) is 18.2 Å². The van der Waals surface area contributed by atoms with Crippen LogP contribution in [0.2, 0.25) is 0 Å². The molecule has 0 bridgehead atoms. The number of carbonyl (C=O) groups is 1. The summed E-state index contributed by atoms with van der Waals surface area (Å²) in [6.07, 6.45) is 1.36. The van der Waals surface area contributed by atoms with Gasteiger partial charge in [-0.1, -0.05) is 19.4 Å². The van der Waals surface area contributed by atoms with Gasteiger partial charge in [-0.2, -0.15) is 0 Å². The molecule has 0 saturated carbocycles. The zero-order valence-electron chi connectivity index (χ0n) is 11.2. The van der Waals surface area contributed by atoms with Crippen molar-refractivity contribution in [3.8, 4) is 5.75 Å². The number of anilines is 1. The van der Waals surface area contributed by atoms with Crippen molar-refractivity contribution in [2.24, 2.45) is 0 Å². The molecular weight excluding hydrogens is 282 g/mol. The molecule has 1 aliphatic heterocycles. The van der Waals surface area contributed by atoms with Crippen molar-refractivity contribution in [2.75, 3.05) is 23.2 Å². The number of sulfonamides is 1. The Kier molecular flexibility index (Phi) is 4.17. The van der Waals surface area contributed by atoms with E-state index in [0.29, 0.717) is 12.1 Å². The first-order valence-electron chi connectivity index (χ1n) is 6.47. The maximum absolute atomic E-state index is 12.3. The van der Waals surface area contributed by atoms with Crippen molar-refractivity contribution in [1.29, 1.82) is 0 Å². The molecule has 7 heteroatoms. The molecule has 0 spiro atoms. The smallest absolute Gasteiger partial charge is 0.339 e. The van der Waals surface area contributed by atoms with E-state index in [2.05, 4.69) is 0 Å². The Hall–Kier alpha value is -1.76. The van der Waals surface area contributed by atoms with Crippen molar-refractivity contribution >= 4 is 21.7 Å². The summed E-state index contributed by atoms with van der Waals surface area (Å²) < 4.78 is 31.2. The second kappa shape index (κ2) is 5.70. The lowest BCUT2D eigenvalue weighted by atomic mass is 10.1. The van der Waals surface area contributed by atoms with Gasteiger partial charge < -0.3 is 9.84 Å². The first-order chi connectivity index (χ1) is 9.47. The third kappa shape index (κ3) is 2.72. The van der Waals surface area contributed by atoms with Gasteiger partial charge in [0, 0.05) is 0 Å². The summed E-state index contributed by atoms with van der Waals surface area (Å²) >= 11 is 0. The molecule has 2 rings (SSSR count). The predicted molar refractivity (Wildman–Crippen MR) is 74.9 cm³/mol. The van der Waals surface area contributed by atoms with Crippen LogP contribution in [0.25, 0.3) is 0 Å². The molecule has 0 unspecified atom stereocenters. The SMILES string of the molecule is CCCCS(=O)(=O)N1CCOc2c(C(=O)O)cccc21. The van der Waals surface area contributed by atoms with E-state index in [0.717, 1.165) is 6.42 Å². The van der Waals surface area contributed by atoms with Gasteiger partial charge in [-0.15, -0.1) is 0 Å². The van der Waals surface area contributed by atoms with Crippen LogP contribution in [0.3, 0.4) is 0 Å². The molecule has 6 nitrogen and oxygen atoms in total. The lowest BCUT2D eigenvalue weighted by Crippen LogP contribution is -2.39. The van der Waals surface area contributed by atoms with E-state index in [9.17, 15) is 13.2 Å². The zero-order chi connectivity index (χ0) is 14.8. The van der Waals surface area contributed by atoms with Gasteiger partial charge in [-0.3, -0.25) is 4.31 Å². The fourth-order valence-electron chi connectivity index (χ4n) is 2.12. The third-order valence-corrected chi connectivity index (χ3v) is 4.98. The molecule has 110 valence electrons. The quantitative estimate of drug-likeness (QED) is 0.895. The van der Waals surface area contributed by atoms with Crippen LogP contribution in [-0.4, -0.2) is 38.4 Å². The van der Waals surface area contributed by atoms with E-state index < -0.39 is 16.0 Å². The number of hydrogen-bond acceptors (Lipinski definition) is 4. The highest BCUT2D eigenvalue weighted by atomic mass is 32.2. The second-order valence-corrected chi connectivity index (χ2v) is 6.56. The van der Waals surface area contributed by atoms with E-state index in [-0.39, 0.29) is 30.2 Å². The van der Waals surface area contributed by atoms with Crippen molar-refractivity contribution in [3.05, 3.63) is 23.8 Å². The first kappa shape index (κ1) is 14.6. The van der Waals surface area contributed by atoms with Gasteiger partial charge in [-0.05, 0) is 18.6 Å². The Bertz CT molecular complexity index is 611. The minimum Gasteiger partial charge on any atom is -0.489 e. The van der Waals surface area contributed by atoms with Gasteiger partial charge >= 0.3 is 5.97 Å². The molecule has 1 N–H and O–H groups in total. The molecule has 1 heterocycles. The predicted octanol–water partition coefficient (Wildman–Crippen LogP) is 1.71. The Labute approximate surface area is 118 Å². The van der Waals surface area contributed by atoms with Crippen LogP contribution in [0, 0.1) is 0 Å². The average molecular weight is 299 g/mol. The minimum atomic E-state index is -3.44. The number of benzene rings is 1. The Morgan fingerprint density at radius 1 is 1.45 bits per heavy atom. The normalized spacial score (nSPS) is 14.6. The van der Waals surface area contributed by atoms with Crippen LogP contribution < -0.4 is 9.04 Å². The molecule has 1 aromatic rings. The number of carboxylic acid groups (broad SMARTS) is 1. The molecule has 0 aliphatic carbocycles. The van der Waals surface area contributed by atoms with Gasteiger partial charge in [0.25, 0.3) is 0 Å². The largest absolute Gasteiger partial charge is 0.489 e. The molecule has 20 heavy (non-hydrogen) atoms.